The highest BCUT2D eigenvalue weighted by molar-refractivity contribution is 7.91. The van der Waals surface area contributed by atoms with Gasteiger partial charge in [0.15, 0.2) is 21.1 Å². The van der Waals surface area contributed by atoms with E-state index in [1.54, 1.807) is 0 Å². The molecule has 1 heterocycles. The molecule has 0 aliphatic rings. The van der Waals surface area contributed by atoms with E-state index in [0.29, 0.717) is 6.07 Å². The second-order valence-corrected chi connectivity index (χ2v) is 9.02. The van der Waals surface area contributed by atoms with E-state index in [-0.39, 0.29) is 16.3 Å². The molecule has 1 aromatic carbocycles. The van der Waals surface area contributed by atoms with Gasteiger partial charge in [0, 0.05) is 10.8 Å². The van der Waals surface area contributed by atoms with Crippen molar-refractivity contribution < 1.29 is 31.5 Å². The number of nitrogens with one attached hydrogen (secondary N) is 1. The van der Waals surface area contributed by atoms with Gasteiger partial charge in [0.25, 0.3) is 5.91 Å². The first-order valence-electron chi connectivity index (χ1n) is 8.30. The zero-order valence-corrected chi connectivity index (χ0v) is 16.9. The molecule has 2 aromatic rings. The fourth-order valence-electron chi connectivity index (χ4n) is 2.50. The predicted octanol–water partition coefficient (Wildman–Crippen LogP) is 2.89. The van der Waals surface area contributed by atoms with Crippen LogP contribution in [0.4, 0.5) is 18.9 Å². The lowest BCUT2D eigenvalue weighted by atomic mass is 9.94. The summed E-state index contributed by atoms with van der Waals surface area (Å²) in [6.07, 6.45) is -4.13. The summed E-state index contributed by atoms with van der Waals surface area (Å²) in [5.41, 5.74) is -5.51. The quantitative estimate of drug-likeness (QED) is 0.682. The van der Waals surface area contributed by atoms with Crippen LogP contribution in [0.25, 0.3) is 0 Å². The summed E-state index contributed by atoms with van der Waals surface area (Å²) < 4.78 is 63.6. The van der Waals surface area contributed by atoms with Crippen molar-refractivity contribution in [3.8, 4) is 6.07 Å². The average Bonchev–Trinajstić information content (AvgIpc) is 2.67. The maximum absolute atomic E-state index is 13.1. The SMILES string of the molecule is CCS(=O)(=O)CC(O)(C(=O)Nc1cnc(C#N)c(C(F)(F)F)c1)c1ccc(Cl)cc1. The molecule has 0 saturated heterocycles. The van der Waals surface area contributed by atoms with Gasteiger partial charge in [0.05, 0.1) is 23.2 Å². The van der Waals surface area contributed by atoms with Gasteiger partial charge in [-0.15, -0.1) is 0 Å². The number of hydrogen-bond donors (Lipinski definition) is 2. The monoisotopic (exact) mass is 461 g/mol. The van der Waals surface area contributed by atoms with Crippen LogP contribution in [0.2, 0.25) is 5.02 Å². The molecule has 0 saturated carbocycles. The number of aliphatic hydroxyl groups is 1. The number of carbonyl (C=O) groups is 1. The Morgan fingerprint density at radius 3 is 2.40 bits per heavy atom. The Balaban J connectivity index is 2.50. The van der Waals surface area contributed by atoms with Gasteiger partial charge >= 0.3 is 6.18 Å². The van der Waals surface area contributed by atoms with Crippen LogP contribution in [-0.4, -0.2) is 35.9 Å². The third-order valence-corrected chi connectivity index (χ3v) is 6.11. The van der Waals surface area contributed by atoms with E-state index in [4.69, 9.17) is 16.9 Å². The number of aromatic nitrogens is 1. The molecule has 30 heavy (non-hydrogen) atoms. The van der Waals surface area contributed by atoms with E-state index in [2.05, 4.69) is 4.98 Å². The molecular formula is C18H15ClF3N3O4S. The molecule has 0 fully saturated rings. The fourth-order valence-corrected chi connectivity index (χ4v) is 3.76. The number of benzene rings is 1. The number of hydrogen-bond acceptors (Lipinski definition) is 6. The highest BCUT2D eigenvalue weighted by Crippen LogP contribution is 2.33. The molecule has 0 spiro atoms. The Kier molecular flexibility index (Phi) is 6.76. The van der Waals surface area contributed by atoms with E-state index in [9.17, 15) is 31.5 Å². The normalized spacial score (nSPS) is 13.9. The first-order valence-corrected chi connectivity index (χ1v) is 10.5. The Bertz CT molecular complexity index is 1100. The van der Waals surface area contributed by atoms with E-state index in [1.165, 1.54) is 37.3 Å². The van der Waals surface area contributed by atoms with Gasteiger partial charge in [-0.2, -0.15) is 18.4 Å². The molecule has 1 unspecified atom stereocenters. The standard InChI is InChI=1S/C18H15ClF3N3O4S/c1-2-30(28,29)10-17(27,11-3-5-12(19)6-4-11)16(26)25-13-7-14(18(20,21)22)15(8-23)24-9-13/h3-7,9,27H,2,10H2,1H3,(H,25,26). The number of halogens is 4. The number of nitrogens with zero attached hydrogens (tertiary/aromatic N) is 2. The van der Waals surface area contributed by atoms with Gasteiger partial charge in [-0.1, -0.05) is 30.7 Å². The molecule has 2 N–H and O–H groups in total. The summed E-state index contributed by atoms with van der Waals surface area (Å²) in [5.74, 6) is -2.69. The minimum absolute atomic E-state index is 0.126. The number of alkyl halides is 3. The van der Waals surface area contributed by atoms with Crippen molar-refractivity contribution in [2.45, 2.75) is 18.7 Å². The van der Waals surface area contributed by atoms with Crippen LogP contribution in [0.15, 0.2) is 36.5 Å². The molecule has 0 aliphatic carbocycles. The Morgan fingerprint density at radius 2 is 1.90 bits per heavy atom. The van der Waals surface area contributed by atoms with Crippen LogP contribution >= 0.6 is 11.6 Å². The second kappa shape index (κ2) is 8.59. The van der Waals surface area contributed by atoms with Crippen molar-refractivity contribution in [2.75, 3.05) is 16.8 Å². The van der Waals surface area contributed by atoms with Crippen LogP contribution in [0.1, 0.15) is 23.7 Å². The van der Waals surface area contributed by atoms with Crippen LogP contribution < -0.4 is 5.32 Å². The average molecular weight is 462 g/mol. The van der Waals surface area contributed by atoms with Gasteiger partial charge in [-0.25, -0.2) is 13.4 Å². The molecule has 1 aromatic heterocycles. The number of amides is 1. The third-order valence-electron chi connectivity index (χ3n) is 4.12. The molecule has 1 amide bonds. The number of carbonyl (C=O) groups excluding carboxylic acids is 1. The summed E-state index contributed by atoms with van der Waals surface area (Å²) in [4.78, 5) is 16.2. The smallest absolute Gasteiger partial charge is 0.374 e. The van der Waals surface area contributed by atoms with Crippen LogP contribution in [0.3, 0.4) is 0 Å². The molecule has 2 rings (SSSR count). The minimum atomic E-state index is -4.92. The first-order chi connectivity index (χ1) is 13.8. The summed E-state index contributed by atoms with van der Waals surface area (Å²) in [6.45, 7) is 1.32. The zero-order valence-electron chi connectivity index (χ0n) is 15.4. The van der Waals surface area contributed by atoms with Gasteiger partial charge in [0.1, 0.15) is 6.07 Å². The summed E-state index contributed by atoms with van der Waals surface area (Å²) in [5, 5.41) is 22.1. The lowest BCUT2D eigenvalue weighted by Gasteiger charge is -2.27. The second-order valence-electron chi connectivity index (χ2n) is 6.23. The van der Waals surface area contributed by atoms with Gasteiger partial charge in [-0.3, -0.25) is 4.79 Å². The maximum atomic E-state index is 13.1. The largest absolute Gasteiger partial charge is 0.419 e. The molecule has 0 aliphatic heterocycles. The van der Waals surface area contributed by atoms with Gasteiger partial charge in [-0.05, 0) is 23.8 Å². The number of rotatable bonds is 6. The molecular weight excluding hydrogens is 447 g/mol. The van der Waals surface area contributed by atoms with E-state index in [0.717, 1.165) is 6.20 Å². The summed E-state index contributed by atoms with van der Waals surface area (Å²) in [7, 11) is -3.90. The minimum Gasteiger partial charge on any atom is -0.374 e. The van der Waals surface area contributed by atoms with Crippen molar-refractivity contribution in [3.63, 3.8) is 0 Å². The number of anilines is 1. The number of sulfone groups is 1. The highest BCUT2D eigenvalue weighted by Gasteiger charge is 2.42. The topological polar surface area (TPSA) is 120 Å². The zero-order chi connectivity index (χ0) is 22.7. The van der Waals surface area contributed by atoms with Crippen molar-refractivity contribution in [2.24, 2.45) is 0 Å². The molecule has 0 radical (unpaired) electrons. The fraction of sp³-hybridized carbons (Fsp3) is 0.278. The summed E-state index contributed by atoms with van der Waals surface area (Å²) >= 11 is 5.78. The van der Waals surface area contributed by atoms with Crippen LogP contribution in [0, 0.1) is 11.3 Å². The van der Waals surface area contributed by atoms with Crippen molar-refractivity contribution in [1.29, 1.82) is 5.26 Å². The number of pyridine rings is 1. The Morgan fingerprint density at radius 1 is 1.30 bits per heavy atom. The Hall–Kier alpha value is -2.68. The van der Waals surface area contributed by atoms with Crippen molar-refractivity contribution in [3.05, 3.63) is 58.4 Å². The predicted molar refractivity (Wildman–Crippen MR) is 102 cm³/mol. The van der Waals surface area contributed by atoms with E-state index in [1.807, 2.05) is 5.32 Å². The first kappa shape index (κ1) is 23.6. The lowest BCUT2D eigenvalue weighted by molar-refractivity contribution is -0.138. The lowest BCUT2D eigenvalue weighted by Crippen LogP contribution is -2.46. The molecule has 12 heteroatoms. The third kappa shape index (κ3) is 5.27. The molecule has 7 nitrogen and oxygen atoms in total. The highest BCUT2D eigenvalue weighted by atomic mass is 35.5. The molecule has 0 bridgehead atoms. The van der Waals surface area contributed by atoms with Gasteiger partial charge < -0.3 is 10.4 Å². The summed E-state index contributed by atoms with van der Waals surface area (Å²) in [6, 6.07) is 6.86. The van der Waals surface area contributed by atoms with E-state index >= 15 is 0 Å². The number of nitriles is 1. The maximum Gasteiger partial charge on any atom is 0.419 e. The van der Waals surface area contributed by atoms with Gasteiger partial charge in [0.2, 0.25) is 0 Å². The van der Waals surface area contributed by atoms with Crippen molar-refractivity contribution >= 4 is 33.0 Å². The van der Waals surface area contributed by atoms with Crippen LogP contribution in [-0.2, 0) is 26.4 Å². The van der Waals surface area contributed by atoms with Crippen molar-refractivity contribution in [1.82, 2.24) is 4.98 Å². The van der Waals surface area contributed by atoms with Crippen LogP contribution in [0.5, 0.6) is 0 Å². The Labute approximate surface area is 175 Å². The molecule has 1 atom stereocenters. The molecule has 160 valence electrons. The van der Waals surface area contributed by atoms with E-state index < -0.39 is 50.2 Å².